The molecule has 3 rings (SSSR count). The molecular formula is C22H21F3N4O2. The van der Waals surface area contributed by atoms with Crippen LogP contribution in [0.4, 0.5) is 13.2 Å². The third-order valence-corrected chi connectivity index (χ3v) is 5.17. The number of nitrogens with one attached hydrogen (secondary N) is 2. The smallest absolute Gasteiger partial charge is 0.354 e. The monoisotopic (exact) mass is 430 g/mol. The lowest BCUT2D eigenvalue weighted by Crippen LogP contribution is -2.48. The van der Waals surface area contributed by atoms with Crippen molar-refractivity contribution in [3.8, 4) is 11.8 Å². The molecule has 2 heterocycles. The molecule has 1 fully saturated rings. The van der Waals surface area contributed by atoms with Crippen molar-refractivity contribution in [2.45, 2.75) is 38.9 Å². The van der Waals surface area contributed by atoms with Gasteiger partial charge in [-0.25, -0.2) is 0 Å². The minimum Gasteiger partial charge on any atom is -0.354 e. The third kappa shape index (κ3) is 4.97. The van der Waals surface area contributed by atoms with Crippen LogP contribution in [0.25, 0.3) is 11.8 Å². The molecule has 9 heteroatoms. The average molecular weight is 430 g/mol. The number of halogens is 3. The van der Waals surface area contributed by atoms with E-state index in [1.165, 1.54) is 12.1 Å². The van der Waals surface area contributed by atoms with Gasteiger partial charge >= 0.3 is 6.18 Å². The molecule has 0 radical (unpaired) electrons. The van der Waals surface area contributed by atoms with Crippen molar-refractivity contribution in [3.05, 3.63) is 58.4 Å². The summed E-state index contributed by atoms with van der Waals surface area (Å²) < 4.78 is 40.9. The van der Waals surface area contributed by atoms with E-state index >= 15 is 0 Å². The molecule has 1 aliphatic heterocycles. The second-order valence-corrected chi connectivity index (χ2v) is 7.39. The van der Waals surface area contributed by atoms with Crippen molar-refractivity contribution >= 4 is 17.9 Å². The largest absolute Gasteiger partial charge is 0.416 e. The van der Waals surface area contributed by atoms with E-state index in [4.69, 9.17) is 0 Å². The van der Waals surface area contributed by atoms with Gasteiger partial charge in [0.1, 0.15) is 11.6 Å². The van der Waals surface area contributed by atoms with Gasteiger partial charge in [-0.1, -0.05) is 6.07 Å². The van der Waals surface area contributed by atoms with E-state index in [0.29, 0.717) is 42.0 Å². The van der Waals surface area contributed by atoms with Crippen LogP contribution in [-0.4, -0.2) is 29.0 Å². The first kappa shape index (κ1) is 22.2. The zero-order valence-corrected chi connectivity index (χ0v) is 17.0. The molecule has 0 saturated carbocycles. The van der Waals surface area contributed by atoms with E-state index in [0.717, 1.165) is 12.1 Å². The second kappa shape index (κ2) is 8.68. The molecule has 1 aromatic heterocycles. The predicted molar refractivity (Wildman–Crippen MR) is 108 cm³/mol. The van der Waals surface area contributed by atoms with Crippen LogP contribution < -0.4 is 10.6 Å². The average Bonchev–Trinajstić information content (AvgIpc) is 3.00. The van der Waals surface area contributed by atoms with Gasteiger partial charge in [0.25, 0.3) is 5.91 Å². The Labute approximate surface area is 177 Å². The standard InChI is InChI=1S/C22H21F3N4O2/c1-13-8-15(9-16(11-26)21(31)28-18-6-7-20(30)27-12-18)14(2)29(13)19-5-3-4-17(10-19)22(23,24)25/h3-5,8-10,18H,6-7,12H2,1-2H3,(H,27,30)(H,28,31)/b16-9-. The zero-order valence-electron chi connectivity index (χ0n) is 17.0. The fourth-order valence-electron chi connectivity index (χ4n) is 3.58. The third-order valence-electron chi connectivity index (χ3n) is 5.17. The number of piperidine rings is 1. The fourth-order valence-corrected chi connectivity index (χ4v) is 3.58. The topological polar surface area (TPSA) is 86.9 Å². The highest BCUT2D eigenvalue weighted by Gasteiger charge is 2.30. The van der Waals surface area contributed by atoms with Gasteiger partial charge < -0.3 is 15.2 Å². The number of carbonyl (C=O) groups excluding carboxylic acids is 2. The van der Waals surface area contributed by atoms with Gasteiger partial charge in [0.05, 0.1) is 5.56 Å². The molecule has 1 aromatic carbocycles. The SMILES string of the molecule is Cc1cc(/C=C(/C#N)C(=O)NC2CCC(=O)NC2)c(C)n1-c1cccc(C(F)(F)F)c1. The summed E-state index contributed by atoms with van der Waals surface area (Å²) in [6, 6.07) is 8.29. The number of aromatic nitrogens is 1. The van der Waals surface area contributed by atoms with Crippen LogP contribution in [-0.2, 0) is 15.8 Å². The molecule has 1 saturated heterocycles. The van der Waals surface area contributed by atoms with Gasteiger partial charge in [0.15, 0.2) is 0 Å². The summed E-state index contributed by atoms with van der Waals surface area (Å²) in [7, 11) is 0. The summed E-state index contributed by atoms with van der Waals surface area (Å²) in [4.78, 5) is 23.7. The van der Waals surface area contributed by atoms with Gasteiger partial charge in [-0.2, -0.15) is 18.4 Å². The lowest BCUT2D eigenvalue weighted by atomic mass is 10.1. The van der Waals surface area contributed by atoms with Crippen LogP contribution in [0.3, 0.4) is 0 Å². The van der Waals surface area contributed by atoms with Crippen molar-refractivity contribution in [2.75, 3.05) is 6.54 Å². The first-order valence-electron chi connectivity index (χ1n) is 9.66. The van der Waals surface area contributed by atoms with Crippen molar-refractivity contribution in [3.63, 3.8) is 0 Å². The van der Waals surface area contributed by atoms with Crippen molar-refractivity contribution < 1.29 is 22.8 Å². The van der Waals surface area contributed by atoms with Crippen LogP contribution in [0.2, 0.25) is 0 Å². The van der Waals surface area contributed by atoms with Crippen LogP contribution in [0.15, 0.2) is 35.9 Å². The van der Waals surface area contributed by atoms with E-state index in [9.17, 15) is 28.0 Å². The lowest BCUT2D eigenvalue weighted by Gasteiger charge is -2.23. The molecule has 1 aliphatic rings. The number of hydrogen-bond acceptors (Lipinski definition) is 3. The number of hydrogen-bond donors (Lipinski definition) is 2. The van der Waals surface area contributed by atoms with E-state index < -0.39 is 17.6 Å². The van der Waals surface area contributed by atoms with Crippen molar-refractivity contribution in [2.24, 2.45) is 0 Å². The number of nitriles is 1. The normalized spacial score (nSPS) is 17.1. The van der Waals surface area contributed by atoms with Crippen LogP contribution in [0.1, 0.15) is 35.4 Å². The molecule has 31 heavy (non-hydrogen) atoms. The highest BCUT2D eigenvalue weighted by Crippen LogP contribution is 2.31. The van der Waals surface area contributed by atoms with E-state index in [-0.39, 0.29) is 17.5 Å². The molecule has 2 amide bonds. The number of alkyl halides is 3. The van der Waals surface area contributed by atoms with Crippen molar-refractivity contribution in [1.29, 1.82) is 5.26 Å². The summed E-state index contributed by atoms with van der Waals surface area (Å²) in [6.07, 6.45) is -2.25. The van der Waals surface area contributed by atoms with Gasteiger partial charge in [-0.05, 0) is 56.2 Å². The summed E-state index contributed by atoms with van der Waals surface area (Å²) in [5, 5.41) is 14.8. The van der Waals surface area contributed by atoms with Gasteiger partial charge in [0, 0.05) is 36.1 Å². The molecule has 2 N–H and O–H groups in total. The van der Waals surface area contributed by atoms with Crippen LogP contribution in [0, 0.1) is 25.2 Å². The maximum Gasteiger partial charge on any atom is 0.416 e. The minimum absolute atomic E-state index is 0.0800. The number of rotatable bonds is 4. The molecule has 0 bridgehead atoms. The van der Waals surface area contributed by atoms with Gasteiger partial charge in [0.2, 0.25) is 5.91 Å². The molecule has 1 atom stereocenters. The molecule has 6 nitrogen and oxygen atoms in total. The molecule has 0 aliphatic carbocycles. The van der Waals surface area contributed by atoms with Gasteiger partial charge in [-0.15, -0.1) is 0 Å². The minimum atomic E-state index is -4.46. The molecular weight excluding hydrogens is 409 g/mol. The lowest BCUT2D eigenvalue weighted by molar-refractivity contribution is -0.137. The van der Waals surface area contributed by atoms with E-state index in [1.54, 1.807) is 30.5 Å². The highest BCUT2D eigenvalue weighted by molar-refractivity contribution is 6.02. The van der Waals surface area contributed by atoms with Crippen molar-refractivity contribution in [1.82, 2.24) is 15.2 Å². The number of aryl methyl sites for hydroxylation is 1. The summed E-state index contributed by atoms with van der Waals surface area (Å²) >= 11 is 0. The number of amides is 2. The number of carbonyl (C=O) groups is 2. The Morgan fingerprint density at radius 1 is 1.32 bits per heavy atom. The Morgan fingerprint density at radius 3 is 2.68 bits per heavy atom. The Kier molecular flexibility index (Phi) is 6.20. The molecule has 162 valence electrons. The number of benzene rings is 1. The van der Waals surface area contributed by atoms with Gasteiger partial charge in [-0.3, -0.25) is 9.59 Å². The highest BCUT2D eigenvalue weighted by atomic mass is 19.4. The fraction of sp³-hybridized carbons (Fsp3) is 0.318. The predicted octanol–water partition coefficient (Wildman–Crippen LogP) is 3.41. The number of nitrogens with zero attached hydrogens (tertiary/aromatic N) is 2. The van der Waals surface area contributed by atoms with E-state index in [1.807, 2.05) is 6.07 Å². The molecule has 2 aromatic rings. The molecule has 0 spiro atoms. The first-order valence-corrected chi connectivity index (χ1v) is 9.66. The summed E-state index contributed by atoms with van der Waals surface area (Å²) in [5.74, 6) is -0.642. The first-order chi connectivity index (χ1) is 14.6. The zero-order chi connectivity index (χ0) is 22.8. The Balaban J connectivity index is 1.88. The summed E-state index contributed by atoms with van der Waals surface area (Å²) in [6.45, 7) is 3.75. The molecule has 1 unspecified atom stereocenters. The van der Waals surface area contributed by atoms with Crippen LogP contribution in [0.5, 0.6) is 0 Å². The maximum atomic E-state index is 13.1. The summed E-state index contributed by atoms with van der Waals surface area (Å²) in [5.41, 5.74) is 1.27. The maximum absolute atomic E-state index is 13.1. The van der Waals surface area contributed by atoms with Crippen LogP contribution >= 0.6 is 0 Å². The Bertz CT molecular complexity index is 1080. The van der Waals surface area contributed by atoms with E-state index in [2.05, 4.69) is 10.6 Å². The Morgan fingerprint density at radius 2 is 2.06 bits per heavy atom. The second-order valence-electron chi connectivity index (χ2n) is 7.39. The quantitative estimate of drug-likeness (QED) is 0.576. The Hall–Kier alpha value is -3.54.